The van der Waals surface area contributed by atoms with E-state index in [0.29, 0.717) is 6.54 Å². The van der Waals surface area contributed by atoms with E-state index < -0.39 is 0 Å². The lowest BCUT2D eigenvalue weighted by atomic mass is 10.1. The number of hydrogen-bond donors (Lipinski definition) is 0. The molecule has 2 rings (SSSR count). The highest BCUT2D eigenvalue weighted by molar-refractivity contribution is 5.79. The Morgan fingerprint density at radius 1 is 1.19 bits per heavy atom. The summed E-state index contributed by atoms with van der Waals surface area (Å²) < 4.78 is 0. The van der Waals surface area contributed by atoms with Gasteiger partial charge >= 0.3 is 0 Å². The van der Waals surface area contributed by atoms with Gasteiger partial charge < -0.3 is 4.90 Å². The van der Waals surface area contributed by atoms with Crippen molar-refractivity contribution in [1.82, 2.24) is 9.80 Å². The average molecular weight is 221 g/mol. The van der Waals surface area contributed by atoms with Crippen LogP contribution in [0.4, 0.5) is 0 Å². The predicted molar refractivity (Wildman–Crippen MR) is 60.6 cm³/mol. The summed E-state index contributed by atoms with van der Waals surface area (Å²) in [5, 5.41) is 8.93. The Morgan fingerprint density at radius 2 is 1.94 bits per heavy atom. The molecule has 2 aliphatic rings. The van der Waals surface area contributed by atoms with E-state index >= 15 is 0 Å². The first kappa shape index (κ1) is 11.4. The molecule has 0 spiro atoms. The molecule has 0 N–H and O–H groups in total. The highest BCUT2D eigenvalue weighted by Gasteiger charge is 2.29. The van der Waals surface area contributed by atoms with E-state index in [1.54, 1.807) is 4.90 Å². The molecule has 2 fully saturated rings. The summed E-state index contributed by atoms with van der Waals surface area (Å²) >= 11 is 0. The summed E-state index contributed by atoms with van der Waals surface area (Å²) in [6.45, 7) is 3.36. The van der Waals surface area contributed by atoms with Gasteiger partial charge in [-0.3, -0.25) is 9.69 Å². The molecule has 0 aromatic heterocycles. The van der Waals surface area contributed by atoms with Gasteiger partial charge in [-0.2, -0.15) is 5.26 Å². The van der Waals surface area contributed by atoms with Gasteiger partial charge in [-0.15, -0.1) is 0 Å². The molecule has 1 atom stereocenters. The van der Waals surface area contributed by atoms with Crippen molar-refractivity contribution in [3.05, 3.63) is 0 Å². The van der Waals surface area contributed by atoms with Gasteiger partial charge in [0.05, 0.1) is 12.6 Å². The number of piperidine rings is 1. The van der Waals surface area contributed by atoms with Crippen molar-refractivity contribution in [2.24, 2.45) is 0 Å². The second-order valence-corrected chi connectivity index (χ2v) is 4.71. The van der Waals surface area contributed by atoms with Crippen LogP contribution in [0.5, 0.6) is 0 Å². The van der Waals surface area contributed by atoms with Crippen LogP contribution in [0.15, 0.2) is 0 Å². The first-order chi connectivity index (χ1) is 7.81. The summed E-state index contributed by atoms with van der Waals surface area (Å²) in [6.07, 6.45) is 5.52. The third-order valence-corrected chi connectivity index (χ3v) is 3.53. The quantitative estimate of drug-likeness (QED) is 0.698. The smallest absolute Gasteiger partial charge is 0.237 e. The minimum Gasteiger partial charge on any atom is -0.326 e. The van der Waals surface area contributed by atoms with E-state index in [9.17, 15) is 4.79 Å². The van der Waals surface area contributed by atoms with E-state index in [1.165, 1.54) is 19.3 Å². The van der Waals surface area contributed by atoms with Crippen molar-refractivity contribution in [2.75, 3.05) is 26.2 Å². The zero-order valence-electron chi connectivity index (χ0n) is 9.69. The highest BCUT2D eigenvalue weighted by atomic mass is 16.2. The van der Waals surface area contributed by atoms with Crippen LogP contribution in [0.2, 0.25) is 0 Å². The number of likely N-dealkylation sites (tertiary alicyclic amines) is 2. The van der Waals surface area contributed by atoms with Crippen molar-refractivity contribution < 1.29 is 4.79 Å². The minimum atomic E-state index is -0.169. The molecule has 0 aliphatic carbocycles. The summed E-state index contributed by atoms with van der Waals surface area (Å²) in [7, 11) is 0. The van der Waals surface area contributed by atoms with E-state index in [1.807, 2.05) is 0 Å². The molecule has 2 aliphatic heterocycles. The van der Waals surface area contributed by atoms with Gasteiger partial charge in [-0.05, 0) is 38.8 Å². The van der Waals surface area contributed by atoms with Crippen molar-refractivity contribution >= 4 is 5.91 Å². The third-order valence-electron chi connectivity index (χ3n) is 3.53. The standard InChI is InChI=1S/C12H19N3O/c13-9-11-5-4-8-15(11)12(16)10-14-6-2-1-3-7-14/h11H,1-8,10H2/t11-/m0/s1. The maximum atomic E-state index is 12.0. The molecule has 0 bridgehead atoms. The minimum absolute atomic E-state index is 0.144. The van der Waals surface area contributed by atoms with Crippen molar-refractivity contribution in [3.8, 4) is 6.07 Å². The Balaban J connectivity index is 1.85. The molecule has 2 heterocycles. The van der Waals surface area contributed by atoms with Gasteiger partial charge in [0.25, 0.3) is 0 Å². The molecule has 88 valence electrons. The summed E-state index contributed by atoms with van der Waals surface area (Å²) in [4.78, 5) is 16.0. The predicted octanol–water partition coefficient (Wildman–Crippen LogP) is 0.987. The lowest BCUT2D eigenvalue weighted by molar-refractivity contribution is -0.132. The lowest BCUT2D eigenvalue weighted by Crippen LogP contribution is -2.43. The maximum Gasteiger partial charge on any atom is 0.237 e. The number of hydrogen-bond acceptors (Lipinski definition) is 3. The zero-order chi connectivity index (χ0) is 11.4. The average Bonchev–Trinajstić information content (AvgIpc) is 2.78. The fourth-order valence-corrected chi connectivity index (χ4v) is 2.60. The topological polar surface area (TPSA) is 47.3 Å². The van der Waals surface area contributed by atoms with Crippen LogP contribution in [-0.4, -0.2) is 47.9 Å². The monoisotopic (exact) mass is 221 g/mol. The van der Waals surface area contributed by atoms with Gasteiger partial charge in [-0.25, -0.2) is 0 Å². The first-order valence-corrected chi connectivity index (χ1v) is 6.22. The molecule has 1 amide bonds. The molecule has 0 unspecified atom stereocenters. The van der Waals surface area contributed by atoms with Crippen molar-refractivity contribution in [2.45, 2.75) is 38.1 Å². The number of carbonyl (C=O) groups excluding carboxylic acids is 1. The Labute approximate surface area is 96.8 Å². The number of rotatable bonds is 2. The SMILES string of the molecule is N#C[C@@H]1CCCN1C(=O)CN1CCCCC1. The fourth-order valence-electron chi connectivity index (χ4n) is 2.60. The molecule has 4 heteroatoms. The van der Waals surface area contributed by atoms with Gasteiger partial charge in [0.2, 0.25) is 5.91 Å². The summed E-state index contributed by atoms with van der Waals surface area (Å²) in [6, 6.07) is 2.05. The van der Waals surface area contributed by atoms with Crippen LogP contribution in [0.3, 0.4) is 0 Å². The Morgan fingerprint density at radius 3 is 2.62 bits per heavy atom. The maximum absolute atomic E-state index is 12.0. The number of carbonyl (C=O) groups is 1. The summed E-state index contributed by atoms with van der Waals surface area (Å²) in [5.74, 6) is 0.144. The van der Waals surface area contributed by atoms with Crippen molar-refractivity contribution in [1.29, 1.82) is 5.26 Å². The second kappa shape index (κ2) is 5.31. The third kappa shape index (κ3) is 2.53. The largest absolute Gasteiger partial charge is 0.326 e. The zero-order valence-corrected chi connectivity index (χ0v) is 9.69. The van der Waals surface area contributed by atoms with Crippen LogP contribution in [0, 0.1) is 11.3 Å². The molecular formula is C12H19N3O. The molecule has 0 aromatic rings. The van der Waals surface area contributed by atoms with Crippen LogP contribution >= 0.6 is 0 Å². The Kier molecular flexibility index (Phi) is 3.79. The second-order valence-electron chi connectivity index (χ2n) is 4.71. The normalized spacial score (nSPS) is 26.7. The molecule has 4 nitrogen and oxygen atoms in total. The van der Waals surface area contributed by atoms with Gasteiger partial charge in [-0.1, -0.05) is 6.42 Å². The summed E-state index contributed by atoms with van der Waals surface area (Å²) in [5.41, 5.74) is 0. The van der Waals surface area contributed by atoms with Crippen LogP contribution in [0.25, 0.3) is 0 Å². The van der Waals surface area contributed by atoms with Crippen molar-refractivity contribution in [3.63, 3.8) is 0 Å². The Bertz CT molecular complexity index is 291. The molecule has 2 saturated heterocycles. The molecule has 0 radical (unpaired) electrons. The van der Waals surface area contributed by atoms with Crippen LogP contribution in [0.1, 0.15) is 32.1 Å². The molecule has 0 aromatic carbocycles. The van der Waals surface area contributed by atoms with Gasteiger partial charge in [0.15, 0.2) is 0 Å². The van der Waals surface area contributed by atoms with E-state index in [4.69, 9.17) is 5.26 Å². The van der Waals surface area contributed by atoms with Gasteiger partial charge in [0, 0.05) is 6.54 Å². The fraction of sp³-hybridized carbons (Fsp3) is 0.833. The Hall–Kier alpha value is -1.08. The van der Waals surface area contributed by atoms with Crippen LogP contribution < -0.4 is 0 Å². The lowest BCUT2D eigenvalue weighted by Gasteiger charge is -2.28. The van der Waals surface area contributed by atoms with Gasteiger partial charge in [0.1, 0.15) is 6.04 Å². The first-order valence-electron chi connectivity index (χ1n) is 6.22. The number of amides is 1. The van der Waals surface area contributed by atoms with E-state index in [0.717, 1.165) is 32.5 Å². The van der Waals surface area contributed by atoms with Crippen LogP contribution in [-0.2, 0) is 4.79 Å². The highest BCUT2D eigenvalue weighted by Crippen LogP contribution is 2.17. The van der Waals surface area contributed by atoms with E-state index in [-0.39, 0.29) is 11.9 Å². The molecule has 16 heavy (non-hydrogen) atoms. The number of nitrogens with zero attached hydrogens (tertiary/aromatic N) is 3. The van der Waals surface area contributed by atoms with E-state index in [2.05, 4.69) is 11.0 Å². The molecule has 0 saturated carbocycles. The molecular weight excluding hydrogens is 202 g/mol. The number of nitriles is 1.